The summed E-state index contributed by atoms with van der Waals surface area (Å²) >= 11 is 0. The third-order valence-electron chi connectivity index (χ3n) is 3.06. The smallest absolute Gasteiger partial charge is 0.307 e. The molecule has 0 saturated carbocycles. The second-order valence-electron chi connectivity index (χ2n) is 4.38. The van der Waals surface area contributed by atoms with E-state index in [1.807, 2.05) is 6.07 Å². The van der Waals surface area contributed by atoms with E-state index in [1.165, 1.54) is 6.07 Å². The molecule has 0 heterocycles. The molecule has 0 amide bonds. The Morgan fingerprint density at radius 1 is 1.43 bits per heavy atom. The van der Waals surface area contributed by atoms with E-state index in [0.29, 0.717) is 13.2 Å². The molecule has 0 aliphatic rings. The average molecular weight is 296 g/mol. The number of benzene rings is 1. The van der Waals surface area contributed by atoms with Gasteiger partial charge in [-0.3, -0.25) is 9.69 Å². The Balaban J connectivity index is 2.85. The van der Waals surface area contributed by atoms with Gasteiger partial charge in [0.25, 0.3) is 0 Å². The molecule has 1 aromatic carbocycles. The van der Waals surface area contributed by atoms with Crippen molar-refractivity contribution in [1.82, 2.24) is 4.90 Å². The van der Waals surface area contributed by atoms with Crippen LogP contribution < -0.4 is 0 Å². The lowest BCUT2D eigenvalue weighted by Crippen LogP contribution is -2.31. The van der Waals surface area contributed by atoms with Crippen LogP contribution in [0.25, 0.3) is 0 Å². The molecule has 0 bridgehead atoms. The van der Waals surface area contributed by atoms with Crippen LogP contribution in [0.15, 0.2) is 18.2 Å². The van der Waals surface area contributed by atoms with E-state index < -0.39 is 17.7 Å². The van der Waals surface area contributed by atoms with Gasteiger partial charge >= 0.3 is 5.97 Å². The Labute approximate surface area is 122 Å². The summed E-state index contributed by atoms with van der Waals surface area (Å²) in [5.41, 5.74) is 0.101. The highest BCUT2D eigenvalue weighted by atomic mass is 19.1. The SMILES string of the molecule is CCOC(=O)CCN(CC)C(C#N)c1ccc(F)cc1F. The maximum Gasteiger partial charge on any atom is 0.307 e. The second-order valence-corrected chi connectivity index (χ2v) is 4.38. The number of nitriles is 1. The highest BCUT2D eigenvalue weighted by molar-refractivity contribution is 5.69. The van der Waals surface area contributed by atoms with Crippen molar-refractivity contribution in [3.8, 4) is 6.07 Å². The Hall–Kier alpha value is -2.00. The fourth-order valence-corrected chi connectivity index (χ4v) is 2.01. The quantitative estimate of drug-likeness (QED) is 0.726. The van der Waals surface area contributed by atoms with Crippen molar-refractivity contribution in [3.63, 3.8) is 0 Å². The van der Waals surface area contributed by atoms with E-state index in [1.54, 1.807) is 18.7 Å². The van der Waals surface area contributed by atoms with Crippen molar-refractivity contribution >= 4 is 5.97 Å². The van der Waals surface area contributed by atoms with E-state index in [4.69, 9.17) is 4.74 Å². The number of carbonyl (C=O) groups excluding carboxylic acids is 1. The number of hydrogen-bond donors (Lipinski definition) is 0. The first-order chi connectivity index (χ1) is 10.0. The first-order valence-corrected chi connectivity index (χ1v) is 6.77. The van der Waals surface area contributed by atoms with Crippen molar-refractivity contribution in [2.75, 3.05) is 19.7 Å². The van der Waals surface area contributed by atoms with Crippen molar-refractivity contribution in [3.05, 3.63) is 35.4 Å². The number of ether oxygens (including phenoxy) is 1. The molecule has 4 nitrogen and oxygen atoms in total. The average Bonchev–Trinajstić information content (AvgIpc) is 2.45. The standard InChI is InChI=1S/C15H18F2N2O2/c1-3-19(8-7-15(20)21-4-2)14(10-18)12-6-5-11(16)9-13(12)17/h5-6,9,14H,3-4,7-8H2,1-2H3. The zero-order valence-electron chi connectivity index (χ0n) is 12.1. The number of esters is 1. The predicted molar refractivity (Wildman–Crippen MR) is 73.2 cm³/mol. The van der Waals surface area contributed by atoms with E-state index >= 15 is 0 Å². The summed E-state index contributed by atoms with van der Waals surface area (Å²) in [6.45, 7) is 4.52. The fourth-order valence-electron chi connectivity index (χ4n) is 2.01. The number of carbonyl (C=O) groups is 1. The number of nitrogens with zero attached hydrogens (tertiary/aromatic N) is 2. The Morgan fingerprint density at radius 2 is 2.14 bits per heavy atom. The van der Waals surface area contributed by atoms with Crippen LogP contribution in [0.2, 0.25) is 0 Å². The summed E-state index contributed by atoms with van der Waals surface area (Å²) in [5.74, 6) is -1.83. The highest BCUT2D eigenvalue weighted by Crippen LogP contribution is 2.23. The van der Waals surface area contributed by atoms with Crippen molar-refractivity contribution in [2.45, 2.75) is 26.3 Å². The summed E-state index contributed by atoms with van der Waals surface area (Å²) in [4.78, 5) is 13.0. The van der Waals surface area contributed by atoms with Crippen LogP contribution in [-0.2, 0) is 9.53 Å². The summed E-state index contributed by atoms with van der Waals surface area (Å²) in [6, 6.07) is 4.24. The maximum atomic E-state index is 13.8. The van der Waals surface area contributed by atoms with Gasteiger partial charge in [0.1, 0.15) is 17.7 Å². The van der Waals surface area contributed by atoms with Crippen LogP contribution in [-0.4, -0.2) is 30.6 Å². The van der Waals surface area contributed by atoms with E-state index in [9.17, 15) is 18.8 Å². The van der Waals surface area contributed by atoms with E-state index in [-0.39, 0.29) is 24.5 Å². The molecular formula is C15H18F2N2O2. The van der Waals surface area contributed by atoms with Gasteiger partial charge in [0.15, 0.2) is 0 Å². The monoisotopic (exact) mass is 296 g/mol. The largest absolute Gasteiger partial charge is 0.466 e. The van der Waals surface area contributed by atoms with Crippen molar-refractivity contribution < 1.29 is 18.3 Å². The van der Waals surface area contributed by atoms with Crippen LogP contribution in [0, 0.1) is 23.0 Å². The van der Waals surface area contributed by atoms with Gasteiger partial charge in [-0.05, 0) is 19.5 Å². The number of rotatable bonds is 7. The van der Waals surface area contributed by atoms with Gasteiger partial charge in [-0.25, -0.2) is 8.78 Å². The molecule has 1 rings (SSSR count). The topological polar surface area (TPSA) is 53.3 Å². The molecule has 0 saturated heterocycles. The normalized spacial score (nSPS) is 12.0. The lowest BCUT2D eigenvalue weighted by molar-refractivity contribution is -0.143. The lowest BCUT2D eigenvalue weighted by atomic mass is 10.1. The van der Waals surface area contributed by atoms with E-state index in [0.717, 1.165) is 12.1 Å². The van der Waals surface area contributed by atoms with Gasteiger partial charge in [-0.2, -0.15) is 5.26 Å². The molecule has 0 fully saturated rings. The Bertz CT molecular complexity index is 529. The summed E-state index contributed by atoms with van der Waals surface area (Å²) in [6.07, 6.45) is 0.114. The molecule has 1 atom stereocenters. The Kier molecular flexibility index (Phi) is 6.76. The van der Waals surface area contributed by atoms with Crippen LogP contribution in [0.1, 0.15) is 31.9 Å². The lowest BCUT2D eigenvalue weighted by Gasteiger charge is -2.25. The predicted octanol–water partition coefficient (Wildman–Crippen LogP) is 2.80. The summed E-state index contributed by atoms with van der Waals surface area (Å²) in [5, 5.41) is 9.28. The van der Waals surface area contributed by atoms with Crippen molar-refractivity contribution in [2.24, 2.45) is 0 Å². The third-order valence-corrected chi connectivity index (χ3v) is 3.06. The van der Waals surface area contributed by atoms with Crippen LogP contribution in [0.3, 0.4) is 0 Å². The highest BCUT2D eigenvalue weighted by Gasteiger charge is 2.23. The molecule has 0 N–H and O–H groups in total. The molecule has 0 aromatic heterocycles. The summed E-state index contributed by atoms with van der Waals surface area (Å²) < 4.78 is 31.6. The van der Waals surface area contributed by atoms with E-state index in [2.05, 4.69) is 0 Å². The zero-order valence-corrected chi connectivity index (χ0v) is 12.1. The van der Waals surface area contributed by atoms with Crippen molar-refractivity contribution in [1.29, 1.82) is 5.26 Å². The van der Waals surface area contributed by atoms with Gasteiger partial charge in [0.2, 0.25) is 0 Å². The first kappa shape index (κ1) is 17.1. The second kappa shape index (κ2) is 8.32. The third kappa shape index (κ3) is 4.80. The number of halogens is 2. The molecule has 1 aromatic rings. The molecule has 6 heteroatoms. The van der Waals surface area contributed by atoms with Crippen LogP contribution in [0.5, 0.6) is 0 Å². The maximum absolute atomic E-state index is 13.8. The van der Waals surface area contributed by atoms with Gasteiger partial charge in [0.05, 0.1) is 19.1 Å². The van der Waals surface area contributed by atoms with Crippen LogP contribution in [0.4, 0.5) is 8.78 Å². The minimum absolute atomic E-state index is 0.101. The van der Waals surface area contributed by atoms with Gasteiger partial charge in [0, 0.05) is 18.2 Å². The van der Waals surface area contributed by atoms with Crippen LogP contribution >= 0.6 is 0 Å². The molecule has 1 unspecified atom stereocenters. The van der Waals surface area contributed by atoms with Gasteiger partial charge in [-0.15, -0.1) is 0 Å². The minimum atomic E-state index is -0.870. The molecule has 0 radical (unpaired) electrons. The fraction of sp³-hybridized carbons (Fsp3) is 0.467. The van der Waals surface area contributed by atoms with Gasteiger partial charge < -0.3 is 4.74 Å². The number of hydrogen-bond acceptors (Lipinski definition) is 4. The molecule has 0 spiro atoms. The Morgan fingerprint density at radius 3 is 2.67 bits per heavy atom. The molecular weight excluding hydrogens is 278 g/mol. The molecule has 0 aliphatic carbocycles. The summed E-state index contributed by atoms with van der Waals surface area (Å²) in [7, 11) is 0. The van der Waals surface area contributed by atoms with Gasteiger partial charge in [-0.1, -0.05) is 13.0 Å². The molecule has 21 heavy (non-hydrogen) atoms. The molecule has 0 aliphatic heterocycles. The zero-order chi connectivity index (χ0) is 15.8. The first-order valence-electron chi connectivity index (χ1n) is 6.77. The molecule has 114 valence electrons. The minimum Gasteiger partial charge on any atom is -0.466 e.